The highest BCUT2D eigenvalue weighted by Gasteiger charge is 2.06. The minimum Gasteiger partial charge on any atom is -0.313 e. The summed E-state index contributed by atoms with van der Waals surface area (Å²) in [5, 5.41) is 3.94. The molecule has 0 radical (unpaired) electrons. The van der Waals surface area contributed by atoms with Crippen molar-refractivity contribution in [3.05, 3.63) is 58.9 Å². The third-order valence-corrected chi connectivity index (χ3v) is 3.04. The van der Waals surface area contributed by atoms with Crippen LogP contribution in [0.2, 0.25) is 5.02 Å². The molecule has 0 fully saturated rings. The van der Waals surface area contributed by atoms with Crippen molar-refractivity contribution >= 4 is 11.6 Å². The molecule has 0 aliphatic heterocycles. The van der Waals surface area contributed by atoms with Crippen LogP contribution in [0.1, 0.15) is 12.5 Å². The van der Waals surface area contributed by atoms with Crippen molar-refractivity contribution in [3.63, 3.8) is 0 Å². The Bertz CT molecular complexity index is 523. The summed E-state index contributed by atoms with van der Waals surface area (Å²) in [6.07, 6.45) is 0. The van der Waals surface area contributed by atoms with E-state index in [1.54, 1.807) is 6.07 Å². The van der Waals surface area contributed by atoms with Crippen molar-refractivity contribution in [1.29, 1.82) is 0 Å². The fraction of sp³-hybridized carbons (Fsp3) is 0.200. The molecule has 2 aromatic rings. The van der Waals surface area contributed by atoms with E-state index in [2.05, 4.69) is 5.32 Å². The van der Waals surface area contributed by atoms with Crippen LogP contribution in [0.4, 0.5) is 4.39 Å². The molecule has 0 spiro atoms. The van der Waals surface area contributed by atoms with E-state index in [1.165, 1.54) is 6.07 Å². The number of hydrogen-bond acceptors (Lipinski definition) is 1. The lowest BCUT2D eigenvalue weighted by Gasteiger charge is -2.10. The van der Waals surface area contributed by atoms with Gasteiger partial charge in [-0.3, -0.25) is 0 Å². The van der Waals surface area contributed by atoms with E-state index in [-0.39, 0.29) is 5.82 Å². The Hall–Kier alpha value is -1.38. The third kappa shape index (κ3) is 3.09. The number of hydrogen-bond donors (Lipinski definition) is 1. The van der Waals surface area contributed by atoms with Crippen LogP contribution in [-0.2, 0) is 6.54 Å². The van der Waals surface area contributed by atoms with Gasteiger partial charge in [0.1, 0.15) is 5.82 Å². The predicted molar refractivity (Wildman–Crippen MR) is 74.2 cm³/mol. The van der Waals surface area contributed by atoms with E-state index in [0.29, 0.717) is 5.02 Å². The summed E-state index contributed by atoms with van der Waals surface area (Å²) in [6.45, 7) is 3.66. The van der Waals surface area contributed by atoms with Gasteiger partial charge in [0.25, 0.3) is 0 Å². The van der Waals surface area contributed by atoms with Crippen molar-refractivity contribution < 1.29 is 4.39 Å². The lowest BCUT2D eigenvalue weighted by Crippen LogP contribution is -2.12. The van der Waals surface area contributed by atoms with Crippen LogP contribution >= 0.6 is 11.6 Å². The standard InChI is InChI=1S/C15H15ClFN/c1-2-18-10-12-5-8-14(17)9-15(12)11-3-6-13(16)7-4-11/h3-9,18H,2,10H2,1H3. The molecule has 0 aliphatic carbocycles. The van der Waals surface area contributed by atoms with Gasteiger partial charge in [-0.1, -0.05) is 36.7 Å². The summed E-state index contributed by atoms with van der Waals surface area (Å²) in [4.78, 5) is 0. The van der Waals surface area contributed by atoms with Crippen LogP contribution in [0.3, 0.4) is 0 Å². The summed E-state index contributed by atoms with van der Waals surface area (Å²) >= 11 is 5.87. The van der Waals surface area contributed by atoms with E-state index < -0.39 is 0 Å². The number of rotatable bonds is 4. The van der Waals surface area contributed by atoms with Crippen molar-refractivity contribution in [2.75, 3.05) is 6.54 Å². The highest BCUT2D eigenvalue weighted by molar-refractivity contribution is 6.30. The maximum Gasteiger partial charge on any atom is 0.123 e. The molecule has 0 bridgehead atoms. The predicted octanol–water partition coefficient (Wildman–Crippen LogP) is 4.26. The van der Waals surface area contributed by atoms with E-state index in [0.717, 1.165) is 29.8 Å². The Morgan fingerprint density at radius 1 is 1.11 bits per heavy atom. The van der Waals surface area contributed by atoms with Crippen LogP contribution in [0.5, 0.6) is 0 Å². The van der Waals surface area contributed by atoms with Gasteiger partial charge in [0.05, 0.1) is 0 Å². The number of halogens is 2. The Balaban J connectivity index is 2.40. The van der Waals surface area contributed by atoms with Crippen LogP contribution in [0, 0.1) is 5.82 Å². The minimum atomic E-state index is -0.222. The molecule has 1 N–H and O–H groups in total. The Morgan fingerprint density at radius 2 is 1.83 bits per heavy atom. The Kier molecular flexibility index (Phi) is 4.34. The molecular weight excluding hydrogens is 249 g/mol. The lowest BCUT2D eigenvalue weighted by molar-refractivity contribution is 0.626. The second-order valence-corrected chi connectivity index (χ2v) is 4.53. The molecule has 0 saturated carbocycles. The van der Waals surface area contributed by atoms with Crippen LogP contribution in [0.25, 0.3) is 11.1 Å². The van der Waals surface area contributed by atoms with E-state index >= 15 is 0 Å². The quantitative estimate of drug-likeness (QED) is 0.869. The number of nitrogens with one attached hydrogen (secondary N) is 1. The first-order valence-corrected chi connectivity index (χ1v) is 6.33. The molecule has 0 unspecified atom stereocenters. The highest BCUT2D eigenvalue weighted by Crippen LogP contribution is 2.26. The zero-order chi connectivity index (χ0) is 13.0. The first-order chi connectivity index (χ1) is 8.70. The van der Waals surface area contributed by atoms with Gasteiger partial charge in [-0.25, -0.2) is 4.39 Å². The third-order valence-electron chi connectivity index (χ3n) is 2.79. The fourth-order valence-corrected chi connectivity index (χ4v) is 1.99. The highest BCUT2D eigenvalue weighted by atomic mass is 35.5. The molecule has 2 rings (SSSR count). The molecule has 94 valence electrons. The summed E-state index contributed by atoms with van der Waals surface area (Å²) in [5.41, 5.74) is 2.97. The molecule has 0 atom stereocenters. The summed E-state index contributed by atoms with van der Waals surface area (Å²) in [5.74, 6) is -0.222. The molecule has 1 nitrogen and oxygen atoms in total. The summed E-state index contributed by atoms with van der Waals surface area (Å²) in [6, 6.07) is 12.3. The van der Waals surface area contributed by atoms with Crippen molar-refractivity contribution in [2.45, 2.75) is 13.5 Å². The van der Waals surface area contributed by atoms with E-state index in [1.807, 2.05) is 37.3 Å². The van der Waals surface area contributed by atoms with Crippen molar-refractivity contribution in [2.24, 2.45) is 0 Å². The van der Waals surface area contributed by atoms with Gasteiger partial charge in [0, 0.05) is 11.6 Å². The second-order valence-electron chi connectivity index (χ2n) is 4.09. The molecule has 0 aliphatic rings. The lowest BCUT2D eigenvalue weighted by atomic mass is 9.99. The molecule has 0 heterocycles. The molecule has 18 heavy (non-hydrogen) atoms. The second kappa shape index (κ2) is 5.98. The largest absolute Gasteiger partial charge is 0.313 e. The summed E-state index contributed by atoms with van der Waals surface area (Å²) < 4.78 is 13.4. The average molecular weight is 264 g/mol. The van der Waals surface area contributed by atoms with E-state index in [4.69, 9.17) is 11.6 Å². The Labute approximate surface area is 112 Å². The zero-order valence-corrected chi connectivity index (χ0v) is 11.0. The van der Waals surface area contributed by atoms with Gasteiger partial charge in [-0.15, -0.1) is 0 Å². The normalized spacial score (nSPS) is 10.6. The van der Waals surface area contributed by atoms with Crippen LogP contribution in [-0.4, -0.2) is 6.54 Å². The smallest absolute Gasteiger partial charge is 0.123 e. The maximum absolute atomic E-state index is 13.4. The van der Waals surface area contributed by atoms with Crippen LogP contribution in [0.15, 0.2) is 42.5 Å². The topological polar surface area (TPSA) is 12.0 Å². The Morgan fingerprint density at radius 3 is 2.50 bits per heavy atom. The fourth-order valence-electron chi connectivity index (χ4n) is 1.86. The summed E-state index contributed by atoms with van der Waals surface area (Å²) in [7, 11) is 0. The molecule has 3 heteroatoms. The molecule has 0 saturated heterocycles. The molecular formula is C15H15ClFN. The average Bonchev–Trinajstić information content (AvgIpc) is 2.38. The van der Waals surface area contributed by atoms with Crippen molar-refractivity contribution in [1.82, 2.24) is 5.32 Å². The van der Waals surface area contributed by atoms with Crippen LogP contribution < -0.4 is 5.32 Å². The zero-order valence-electron chi connectivity index (χ0n) is 10.2. The monoisotopic (exact) mass is 263 g/mol. The van der Waals surface area contributed by atoms with E-state index in [9.17, 15) is 4.39 Å². The van der Waals surface area contributed by atoms with Gasteiger partial charge in [0.2, 0.25) is 0 Å². The minimum absolute atomic E-state index is 0.222. The first-order valence-electron chi connectivity index (χ1n) is 5.96. The first kappa shape index (κ1) is 13.1. The molecule has 2 aromatic carbocycles. The SMILES string of the molecule is CCNCc1ccc(F)cc1-c1ccc(Cl)cc1. The van der Waals surface area contributed by atoms with Gasteiger partial charge >= 0.3 is 0 Å². The molecule has 0 aromatic heterocycles. The van der Waals surface area contributed by atoms with Crippen molar-refractivity contribution in [3.8, 4) is 11.1 Å². The van der Waals surface area contributed by atoms with Gasteiger partial charge < -0.3 is 5.32 Å². The molecule has 0 amide bonds. The van der Waals surface area contributed by atoms with Gasteiger partial charge in [0.15, 0.2) is 0 Å². The number of benzene rings is 2. The maximum atomic E-state index is 13.4. The van der Waals surface area contributed by atoms with Gasteiger partial charge in [-0.2, -0.15) is 0 Å². The van der Waals surface area contributed by atoms with Gasteiger partial charge in [-0.05, 0) is 47.5 Å².